The van der Waals surface area contributed by atoms with Crippen molar-refractivity contribution in [1.29, 1.82) is 0 Å². The topological polar surface area (TPSA) is 45.1 Å². The molecule has 162 valence electrons. The minimum Gasteiger partial charge on any atom is -0.482 e. The minimum atomic E-state index is -0.310. The number of rotatable bonds is 3. The van der Waals surface area contributed by atoms with E-state index in [1.165, 1.54) is 11.1 Å². The summed E-state index contributed by atoms with van der Waals surface area (Å²) < 4.78 is 6.51. The molecule has 6 heteroatoms. The lowest BCUT2D eigenvalue weighted by atomic mass is 9.87. The van der Waals surface area contributed by atoms with Crippen LogP contribution in [0.2, 0.25) is 0 Å². The summed E-state index contributed by atoms with van der Waals surface area (Å²) in [7, 11) is 0. The van der Waals surface area contributed by atoms with Crippen molar-refractivity contribution in [3.05, 3.63) is 71.3 Å². The summed E-state index contributed by atoms with van der Waals surface area (Å²) >= 11 is 1.63. The fourth-order valence-corrected chi connectivity index (χ4v) is 5.82. The highest BCUT2D eigenvalue weighted by Gasteiger charge is 2.38. The van der Waals surface area contributed by atoms with E-state index >= 15 is 0 Å². The van der Waals surface area contributed by atoms with Crippen LogP contribution in [-0.4, -0.2) is 52.7 Å². The van der Waals surface area contributed by atoms with Gasteiger partial charge in [-0.2, -0.15) is 0 Å². The molecule has 4 heterocycles. The molecular weight excluding hydrogens is 418 g/mol. The molecule has 32 heavy (non-hydrogen) atoms. The Morgan fingerprint density at radius 3 is 2.75 bits per heavy atom. The first-order valence-electron chi connectivity index (χ1n) is 11.2. The molecule has 2 aromatic carbocycles. The molecule has 1 spiro atoms. The lowest BCUT2D eigenvalue weighted by molar-refractivity contribution is -0.133. The highest BCUT2D eigenvalue weighted by molar-refractivity contribution is 8.16. The highest BCUT2D eigenvalue weighted by Crippen LogP contribution is 2.39. The van der Waals surface area contributed by atoms with Gasteiger partial charge in [-0.25, -0.2) is 0 Å². The van der Waals surface area contributed by atoms with Gasteiger partial charge in [0.25, 0.3) is 0 Å². The van der Waals surface area contributed by atoms with E-state index in [9.17, 15) is 4.79 Å². The molecule has 1 fully saturated rings. The van der Waals surface area contributed by atoms with Crippen molar-refractivity contribution in [2.24, 2.45) is 4.99 Å². The molecule has 1 amide bonds. The van der Waals surface area contributed by atoms with Gasteiger partial charge in [0.2, 0.25) is 5.91 Å². The summed E-state index contributed by atoms with van der Waals surface area (Å²) in [5.74, 6) is 1.13. The second kappa shape index (κ2) is 7.85. The molecule has 2 aromatic rings. The van der Waals surface area contributed by atoms with Crippen molar-refractivity contribution in [2.45, 2.75) is 24.9 Å². The Morgan fingerprint density at radius 2 is 1.91 bits per heavy atom. The van der Waals surface area contributed by atoms with E-state index in [-0.39, 0.29) is 11.5 Å². The third kappa shape index (κ3) is 3.52. The Kier molecular flexibility index (Phi) is 4.83. The van der Waals surface area contributed by atoms with Gasteiger partial charge in [-0.05, 0) is 34.7 Å². The number of likely N-dealkylation sites (tertiary alicyclic amines) is 1. The largest absolute Gasteiger partial charge is 0.482 e. The van der Waals surface area contributed by atoms with Crippen LogP contribution in [-0.2, 0) is 4.79 Å². The quantitative estimate of drug-likeness (QED) is 0.686. The summed E-state index contributed by atoms with van der Waals surface area (Å²) in [6, 6.07) is 16.8. The average molecular weight is 444 g/mol. The SMILES string of the molecule is O=C(CC1=CSC2=NCCN12)N1CCC2(C=Cc3cc(-c4ccccc4)ccc3O2)CC1. The fourth-order valence-electron chi connectivity index (χ4n) is 4.86. The van der Waals surface area contributed by atoms with Crippen LogP contribution in [0.4, 0.5) is 0 Å². The maximum absolute atomic E-state index is 12.9. The first kappa shape index (κ1) is 19.7. The third-order valence-electron chi connectivity index (χ3n) is 6.74. The van der Waals surface area contributed by atoms with E-state index in [1.54, 1.807) is 11.8 Å². The second-order valence-electron chi connectivity index (χ2n) is 8.72. The zero-order chi connectivity index (χ0) is 21.5. The zero-order valence-electron chi connectivity index (χ0n) is 17.9. The Labute approximate surface area is 192 Å². The number of thioether (sulfide) groups is 1. The Balaban J connectivity index is 1.10. The van der Waals surface area contributed by atoms with Crippen LogP contribution in [0, 0.1) is 0 Å². The number of carbonyl (C=O) groups is 1. The van der Waals surface area contributed by atoms with E-state index in [2.05, 4.69) is 69.9 Å². The van der Waals surface area contributed by atoms with Crippen molar-refractivity contribution in [3.8, 4) is 16.9 Å². The van der Waals surface area contributed by atoms with Gasteiger partial charge in [-0.15, -0.1) is 0 Å². The van der Waals surface area contributed by atoms with Gasteiger partial charge in [0.15, 0.2) is 5.17 Å². The molecule has 0 unspecified atom stereocenters. The zero-order valence-corrected chi connectivity index (χ0v) is 18.7. The van der Waals surface area contributed by atoms with E-state index < -0.39 is 0 Å². The first-order chi connectivity index (χ1) is 15.7. The van der Waals surface area contributed by atoms with E-state index in [0.29, 0.717) is 6.42 Å². The number of fused-ring (bicyclic) bond motifs is 2. The summed E-state index contributed by atoms with van der Waals surface area (Å²) in [4.78, 5) is 21.6. The standard InChI is InChI=1S/C26H25N3O2S/c30-24(17-22-18-32-25-27-12-15-29(22)25)28-13-10-26(11-14-28)9-8-21-16-20(6-7-23(21)31-26)19-4-2-1-3-5-19/h1-9,16,18H,10-15,17H2. The molecule has 0 N–H and O–H groups in total. The smallest absolute Gasteiger partial charge is 0.228 e. The Hall–Kier alpha value is -2.99. The first-order valence-corrected chi connectivity index (χ1v) is 12.1. The van der Waals surface area contributed by atoms with Crippen LogP contribution < -0.4 is 4.74 Å². The predicted octanol–water partition coefficient (Wildman–Crippen LogP) is 4.77. The van der Waals surface area contributed by atoms with Crippen molar-refractivity contribution in [2.75, 3.05) is 26.2 Å². The number of ether oxygens (including phenoxy) is 1. The molecule has 0 saturated carbocycles. The number of amidine groups is 1. The Morgan fingerprint density at radius 1 is 1.06 bits per heavy atom. The van der Waals surface area contributed by atoms with Gasteiger partial charge in [-0.1, -0.05) is 54.2 Å². The van der Waals surface area contributed by atoms with Gasteiger partial charge in [-0.3, -0.25) is 9.79 Å². The van der Waals surface area contributed by atoms with Crippen molar-refractivity contribution in [1.82, 2.24) is 9.80 Å². The van der Waals surface area contributed by atoms with Gasteiger partial charge < -0.3 is 14.5 Å². The number of aliphatic imine (C=N–C) groups is 1. The monoisotopic (exact) mass is 443 g/mol. The third-order valence-corrected chi connectivity index (χ3v) is 7.69. The predicted molar refractivity (Wildman–Crippen MR) is 129 cm³/mol. The molecule has 0 bridgehead atoms. The van der Waals surface area contributed by atoms with Crippen molar-refractivity contribution in [3.63, 3.8) is 0 Å². The van der Waals surface area contributed by atoms with Crippen LogP contribution in [0.25, 0.3) is 17.2 Å². The van der Waals surface area contributed by atoms with E-state index in [4.69, 9.17) is 4.74 Å². The molecule has 1 saturated heterocycles. The number of hydrogen-bond acceptors (Lipinski definition) is 5. The lowest BCUT2D eigenvalue weighted by Gasteiger charge is -2.42. The fraction of sp³-hybridized carbons (Fsp3) is 0.308. The van der Waals surface area contributed by atoms with Gasteiger partial charge in [0.1, 0.15) is 11.4 Å². The molecular formula is C26H25N3O2S. The van der Waals surface area contributed by atoms with Gasteiger partial charge in [0, 0.05) is 43.7 Å². The molecule has 5 nitrogen and oxygen atoms in total. The molecule has 0 aliphatic carbocycles. The molecule has 0 aromatic heterocycles. The molecule has 4 aliphatic rings. The number of benzene rings is 2. The number of amides is 1. The minimum absolute atomic E-state index is 0.201. The Bertz CT molecular complexity index is 1150. The molecule has 0 radical (unpaired) electrons. The number of hydrogen-bond donors (Lipinski definition) is 0. The van der Waals surface area contributed by atoms with Crippen molar-refractivity contribution < 1.29 is 9.53 Å². The van der Waals surface area contributed by atoms with Crippen LogP contribution in [0.3, 0.4) is 0 Å². The normalized spacial score (nSPS) is 20.5. The van der Waals surface area contributed by atoms with Gasteiger partial charge >= 0.3 is 0 Å². The summed E-state index contributed by atoms with van der Waals surface area (Å²) in [6.07, 6.45) is 6.49. The van der Waals surface area contributed by atoms with Crippen LogP contribution in [0.1, 0.15) is 24.8 Å². The van der Waals surface area contributed by atoms with Gasteiger partial charge in [0.05, 0.1) is 13.0 Å². The summed E-state index contributed by atoms with van der Waals surface area (Å²) in [5.41, 5.74) is 4.30. The maximum atomic E-state index is 12.9. The lowest BCUT2D eigenvalue weighted by Crippen LogP contribution is -2.49. The molecule has 4 aliphatic heterocycles. The van der Waals surface area contributed by atoms with Crippen LogP contribution in [0.15, 0.2) is 70.7 Å². The highest BCUT2D eigenvalue weighted by atomic mass is 32.2. The average Bonchev–Trinajstić information content (AvgIpc) is 3.45. The summed E-state index contributed by atoms with van der Waals surface area (Å²) in [6.45, 7) is 3.18. The van der Waals surface area contributed by atoms with Crippen LogP contribution >= 0.6 is 11.8 Å². The number of piperidine rings is 1. The maximum Gasteiger partial charge on any atom is 0.228 e. The van der Waals surface area contributed by atoms with Crippen molar-refractivity contribution >= 4 is 28.9 Å². The number of nitrogens with zero attached hydrogens (tertiary/aromatic N) is 3. The van der Waals surface area contributed by atoms with E-state index in [1.807, 2.05) is 11.0 Å². The van der Waals surface area contributed by atoms with Crippen LogP contribution in [0.5, 0.6) is 5.75 Å². The second-order valence-corrected chi connectivity index (χ2v) is 9.56. The number of carbonyl (C=O) groups excluding carboxylic acids is 1. The van der Waals surface area contributed by atoms with E-state index in [0.717, 1.165) is 61.2 Å². The summed E-state index contributed by atoms with van der Waals surface area (Å²) in [5, 5.41) is 3.12. The molecule has 6 rings (SSSR count). The molecule has 0 atom stereocenters.